The van der Waals surface area contributed by atoms with E-state index in [1.807, 2.05) is 79.7 Å². The molecular weight excluding hydrogens is 338 g/mol. The van der Waals surface area contributed by atoms with Crippen molar-refractivity contribution in [3.05, 3.63) is 108 Å². The van der Waals surface area contributed by atoms with Gasteiger partial charge in [0.05, 0.1) is 12.0 Å². The van der Waals surface area contributed by atoms with Crippen LogP contribution in [0, 0.1) is 6.92 Å². The van der Waals surface area contributed by atoms with Crippen LogP contribution in [0.1, 0.15) is 33.5 Å². The molecule has 0 saturated carbocycles. The van der Waals surface area contributed by atoms with Crippen LogP contribution >= 0.6 is 0 Å². The molecule has 0 aliphatic heterocycles. The van der Waals surface area contributed by atoms with Gasteiger partial charge >= 0.3 is 0 Å². The average molecular weight is 357 g/mol. The topological polar surface area (TPSA) is 60.1 Å². The lowest BCUT2D eigenvalue weighted by atomic mass is 10.0. The summed E-state index contributed by atoms with van der Waals surface area (Å²) in [6, 6.07) is 24.5. The number of para-hydroxylation sites is 1. The van der Waals surface area contributed by atoms with Crippen molar-refractivity contribution in [1.82, 2.24) is 15.1 Å². The fourth-order valence-electron chi connectivity index (χ4n) is 3.04. The number of aryl methyl sites for hydroxylation is 1. The van der Waals surface area contributed by atoms with Crippen LogP contribution in [0.3, 0.4) is 0 Å². The Morgan fingerprint density at radius 2 is 1.70 bits per heavy atom. The third kappa shape index (κ3) is 3.53. The second-order valence-corrected chi connectivity index (χ2v) is 6.25. The first-order valence-corrected chi connectivity index (χ1v) is 8.73. The van der Waals surface area contributed by atoms with Gasteiger partial charge in [-0.25, -0.2) is 4.68 Å². The second-order valence-electron chi connectivity index (χ2n) is 6.25. The van der Waals surface area contributed by atoms with Crippen LogP contribution in [0.4, 0.5) is 0 Å². The van der Waals surface area contributed by atoms with Crippen molar-refractivity contribution in [1.29, 1.82) is 0 Å². The van der Waals surface area contributed by atoms with E-state index in [9.17, 15) is 4.79 Å². The Morgan fingerprint density at radius 3 is 2.37 bits per heavy atom. The molecule has 2 heterocycles. The molecule has 0 bridgehead atoms. The summed E-state index contributed by atoms with van der Waals surface area (Å²) in [6.07, 6.45) is 1.60. The Balaban J connectivity index is 1.63. The van der Waals surface area contributed by atoms with E-state index in [0.717, 1.165) is 16.9 Å². The van der Waals surface area contributed by atoms with Crippen LogP contribution in [0.2, 0.25) is 0 Å². The zero-order valence-corrected chi connectivity index (χ0v) is 14.9. The summed E-state index contributed by atoms with van der Waals surface area (Å²) in [7, 11) is 0. The maximum absolute atomic E-state index is 12.9. The maximum Gasteiger partial charge on any atom is 0.272 e. The molecule has 0 aliphatic rings. The molecular formula is C22H19N3O2. The standard InChI is InChI=1S/C22H19N3O2/c1-16-15-19(24-25(16)18-11-6-3-7-12-18)22(26)23-21(20-13-8-14-27-20)17-9-4-2-5-10-17/h2-15,21H,1H3,(H,23,26). The molecule has 1 N–H and O–H groups in total. The molecule has 1 unspecified atom stereocenters. The van der Waals surface area contributed by atoms with E-state index in [0.29, 0.717) is 11.5 Å². The lowest BCUT2D eigenvalue weighted by Gasteiger charge is -2.16. The minimum atomic E-state index is -0.379. The molecule has 0 radical (unpaired) electrons. The fourth-order valence-corrected chi connectivity index (χ4v) is 3.04. The van der Waals surface area contributed by atoms with Gasteiger partial charge in [-0.2, -0.15) is 5.10 Å². The molecule has 5 nitrogen and oxygen atoms in total. The van der Waals surface area contributed by atoms with Crippen molar-refractivity contribution < 1.29 is 9.21 Å². The zero-order valence-electron chi connectivity index (χ0n) is 14.9. The van der Waals surface area contributed by atoms with E-state index in [1.165, 1.54) is 0 Å². The second kappa shape index (κ2) is 7.33. The molecule has 27 heavy (non-hydrogen) atoms. The third-order valence-corrected chi connectivity index (χ3v) is 4.36. The number of benzene rings is 2. The Labute approximate surface area is 157 Å². The first-order chi connectivity index (χ1) is 13.2. The van der Waals surface area contributed by atoms with E-state index >= 15 is 0 Å². The highest BCUT2D eigenvalue weighted by Crippen LogP contribution is 2.23. The molecule has 5 heteroatoms. The summed E-state index contributed by atoms with van der Waals surface area (Å²) in [5.41, 5.74) is 3.11. The first-order valence-electron chi connectivity index (χ1n) is 8.73. The van der Waals surface area contributed by atoms with Gasteiger partial charge in [0, 0.05) is 5.69 Å². The summed E-state index contributed by atoms with van der Waals surface area (Å²) in [5.74, 6) is 0.423. The smallest absolute Gasteiger partial charge is 0.272 e. The monoisotopic (exact) mass is 357 g/mol. The molecule has 134 valence electrons. The van der Waals surface area contributed by atoms with E-state index in [1.54, 1.807) is 17.0 Å². The van der Waals surface area contributed by atoms with Gasteiger partial charge in [-0.1, -0.05) is 48.5 Å². The van der Waals surface area contributed by atoms with Crippen LogP contribution < -0.4 is 5.32 Å². The van der Waals surface area contributed by atoms with Gasteiger partial charge in [0.1, 0.15) is 11.8 Å². The van der Waals surface area contributed by atoms with Gasteiger partial charge in [-0.05, 0) is 42.8 Å². The van der Waals surface area contributed by atoms with E-state index < -0.39 is 0 Å². The molecule has 0 saturated heterocycles. The van der Waals surface area contributed by atoms with Crippen molar-refractivity contribution in [2.24, 2.45) is 0 Å². The van der Waals surface area contributed by atoms with Crippen LogP contribution in [0.5, 0.6) is 0 Å². The number of amides is 1. The van der Waals surface area contributed by atoms with Crippen LogP contribution in [-0.4, -0.2) is 15.7 Å². The number of nitrogens with one attached hydrogen (secondary N) is 1. The number of hydrogen-bond acceptors (Lipinski definition) is 3. The summed E-state index contributed by atoms with van der Waals surface area (Å²) in [4.78, 5) is 12.9. The third-order valence-electron chi connectivity index (χ3n) is 4.36. The normalized spacial score (nSPS) is 11.9. The lowest BCUT2D eigenvalue weighted by molar-refractivity contribution is 0.0933. The number of nitrogens with zero attached hydrogens (tertiary/aromatic N) is 2. The SMILES string of the molecule is Cc1cc(C(=O)NC(c2ccccc2)c2ccco2)nn1-c1ccccc1. The van der Waals surface area contributed by atoms with Crippen molar-refractivity contribution >= 4 is 5.91 Å². The predicted octanol–water partition coefficient (Wildman–Crippen LogP) is 4.29. The number of hydrogen-bond donors (Lipinski definition) is 1. The van der Waals surface area contributed by atoms with Crippen LogP contribution in [0.25, 0.3) is 5.69 Å². The highest BCUT2D eigenvalue weighted by Gasteiger charge is 2.22. The maximum atomic E-state index is 12.9. The predicted molar refractivity (Wildman–Crippen MR) is 103 cm³/mol. The summed E-state index contributed by atoms with van der Waals surface area (Å²) in [6.45, 7) is 1.93. The number of aromatic nitrogens is 2. The molecule has 0 fully saturated rings. The number of furan rings is 1. The quantitative estimate of drug-likeness (QED) is 0.579. The first kappa shape index (κ1) is 16.8. The van der Waals surface area contributed by atoms with Crippen molar-refractivity contribution in [2.45, 2.75) is 13.0 Å². The summed E-state index contributed by atoms with van der Waals surface area (Å²) in [5, 5.41) is 7.52. The highest BCUT2D eigenvalue weighted by molar-refractivity contribution is 5.93. The van der Waals surface area contributed by atoms with Crippen molar-refractivity contribution in [3.63, 3.8) is 0 Å². The van der Waals surface area contributed by atoms with Crippen LogP contribution in [0.15, 0.2) is 89.5 Å². The molecule has 4 aromatic rings. The van der Waals surface area contributed by atoms with Crippen molar-refractivity contribution in [2.75, 3.05) is 0 Å². The van der Waals surface area contributed by atoms with E-state index in [-0.39, 0.29) is 11.9 Å². The Morgan fingerprint density at radius 1 is 1.00 bits per heavy atom. The van der Waals surface area contributed by atoms with Gasteiger partial charge < -0.3 is 9.73 Å². The highest BCUT2D eigenvalue weighted by atomic mass is 16.3. The van der Waals surface area contributed by atoms with Gasteiger partial charge in [0.15, 0.2) is 5.69 Å². The van der Waals surface area contributed by atoms with E-state index in [2.05, 4.69) is 10.4 Å². The minimum Gasteiger partial charge on any atom is -0.467 e. The zero-order chi connectivity index (χ0) is 18.6. The Kier molecular flexibility index (Phi) is 4.58. The lowest BCUT2D eigenvalue weighted by Crippen LogP contribution is -2.29. The molecule has 2 aromatic carbocycles. The summed E-state index contributed by atoms with van der Waals surface area (Å²) < 4.78 is 7.31. The number of carbonyl (C=O) groups is 1. The molecule has 1 atom stereocenters. The Hall–Kier alpha value is -3.60. The minimum absolute atomic E-state index is 0.252. The van der Waals surface area contributed by atoms with E-state index in [4.69, 9.17) is 4.42 Å². The number of carbonyl (C=O) groups excluding carboxylic acids is 1. The van der Waals surface area contributed by atoms with Crippen LogP contribution in [-0.2, 0) is 0 Å². The molecule has 2 aromatic heterocycles. The molecule has 0 spiro atoms. The molecule has 0 aliphatic carbocycles. The van der Waals surface area contributed by atoms with Crippen molar-refractivity contribution in [3.8, 4) is 5.69 Å². The van der Waals surface area contributed by atoms with Gasteiger partial charge in [0.25, 0.3) is 5.91 Å². The van der Waals surface area contributed by atoms with Gasteiger partial charge in [0.2, 0.25) is 0 Å². The molecule has 1 amide bonds. The number of rotatable bonds is 5. The largest absolute Gasteiger partial charge is 0.467 e. The van der Waals surface area contributed by atoms with Gasteiger partial charge in [-0.3, -0.25) is 4.79 Å². The Bertz CT molecular complexity index is 1020. The van der Waals surface area contributed by atoms with Gasteiger partial charge in [-0.15, -0.1) is 0 Å². The molecule has 4 rings (SSSR count). The fraction of sp³-hybridized carbons (Fsp3) is 0.0909. The average Bonchev–Trinajstić information content (AvgIpc) is 3.37. The summed E-state index contributed by atoms with van der Waals surface area (Å²) >= 11 is 0.